The van der Waals surface area contributed by atoms with Crippen LogP contribution < -0.4 is 0 Å². The Morgan fingerprint density at radius 1 is 1.22 bits per heavy atom. The van der Waals surface area contributed by atoms with E-state index in [1.165, 1.54) is 16.7 Å². The molecule has 4 rings (SSSR count). The Morgan fingerprint density at radius 2 is 1.96 bits per heavy atom. The highest BCUT2D eigenvalue weighted by Crippen LogP contribution is 2.34. The summed E-state index contributed by atoms with van der Waals surface area (Å²) < 4.78 is 11.8. The second-order valence-corrected chi connectivity index (χ2v) is 8.70. The van der Waals surface area contributed by atoms with Gasteiger partial charge < -0.3 is 14.4 Å². The molecule has 0 spiro atoms. The zero-order valence-electron chi connectivity index (χ0n) is 16.6. The molecule has 27 heavy (non-hydrogen) atoms. The number of morpholine rings is 1. The fourth-order valence-electron chi connectivity index (χ4n) is 4.01. The number of fused-ring (bicyclic) bond motifs is 1. The molecule has 3 aliphatic heterocycles. The fourth-order valence-corrected chi connectivity index (χ4v) is 4.01. The number of amides is 1. The number of carbonyl (C=O) groups excluding carboxylic acids is 1. The van der Waals surface area contributed by atoms with Crippen molar-refractivity contribution < 1.29 is 14.3 Å². The minimum absolute atomic E-state index is 0.0769. The van der Waals surface area contributed by atoms with Crippen LogP contribution in [0, 0.1) is 6.92 Å². The zero-order valence-corrected chi connectivity index (χ0v) is 16.6. The Morgan fingerprint density at radius 3 is 2.67 bits per heavy atom. The third kappa shape index (κ3) is 4.01. The van der Waals surface area contributed by atoms with Crippen LogP contribution in [0.25, 0.3) is 0 Å². The van der Waals surface area contributed by atoms with Gasteiger partial charge in [-0.3, -0.25) is 9.89 Å². The molecule has 0 radical (unpaired) electrons. The van der Waals surface area contributed by atoms with Crippen LogP contribution in [0.4, 0.5) is 4.79 Å². The molecule has 0 aliphatic carbocycles. The predicted molar refractivity (Wildman–Crippen MR) is 104 cm³/mol. The average Bonchev–Trinajstić information content (AvgIpc) is 3.44. The average molecular weight is 371 g/mol. The summed E-state index contributed by atoms with van der Waals surface area (Å²) in [5.41, 5.74) is 3.37. The molecule has 3 heterocycles. The quantitative estimate of drug-likeness (QED) is 0.802. The number of piperazine rings is 1. The maximum atomic E-state index is 12.4. The fraction of sp³-hybridized carbons (Fsp3) is 0.619. The van der Waals surface area contributed by atoms with Gasteiger partial charge in [0, 0.05) is 32.4 Å². The molecule has 146 valence electrons. The Labute approximate surface area is 161 Å². The van der Waals surface area contributed by atoms with E-state index in [4.69, 9.17) is 9.47 Å². The van der Waals surface area contributed by atoms with E-state index in [1.807, 2.05) is 31.9 Å². The van der Waals surface area contributed by atoms with Crippen molar-refractivity contribution in [1.82, 2.24) is 9.80 Å². The largest absolute Gasteiger partial charge is 0.444 e. The SMILES string of the molecule is Cc1c(C2C=N2)cccc1[C@H]1CN2CCN(C(=O)OC(C)(C)C)C[C@@H]2CO1. The molecular weight excluding hydrogens is 342 g/mol. The number of aliphatic imine (C=N–C) groups is 1. The highest BCUT2D eigenvalue weighted by atomic mass is 16.6. The molecule has 6 nitrogen and oxygen atoms in total. The van der Waals surface area contributed by atoms with Crippen molar-refractivity contribution in [2.24, 2.45) is 4.99 Å². The Bertz CT molecular complexity index is 750. The lowest BCUT2D eigenvalue weighted by Crippen LogP contribution is -2.60. The molecule has 3 aliphatic rings. The van der Waals surface area contributed by atoms with Gasteiger partial charge in [0.25, 0.3) is 0 Å². The summed E-state index contributed by atoms with van der Waals surface area (Å²) in [5.74, 6) is 0. The number of nitrogens with zero attached hydrogens (tertiary/aromatic N) is 3. The summed E-state index contributed by atoms with van der Waals surface area (Å²) >= 11 is 0. The summed E-state index contributed by atoms with van der Waals surface area (Å²) in [6, 6.07) is 6.93. The molecule has 0 saturated carbocycles. The number of ether oxygens (including phenoxy) is 2. The predicted octanol–water partition coefficient (Wildman–Crippen LogP) is 3.11. The van der Waals surface area contributed by atoms with Gasteiger partial charge in [-0.25, -0.2) is 4.79 Å². The molecular formula is C21H29N3O3. The molecule has 6 heteroatoms. The highest BCUT2D eigenvalue weighted by molar-refractivity contribution is 5.80. The van der Waals surface area contributed by atoms with Gasteiger partial charge in [-0.05, 0) is 44.4 Å². The first kappa shape index (κ1) is 18.4. The summed E-state index contributed by atoms with van der Waals surface area (Å²) in [4.78, 5) is 20.9. The van der Waals surface area contributed by atoms with Crippen LogP contribution in [0.1, 0.15) is 49.6 Å². The van der Waals surface area contributed by atoms with Crippen LogP contribution >= 0.6 is 0 Å². The minimum Gasteiger partial charge on any atom is -0.444 e. The monoisotopic (exact) mass is 371 g/mol. The molecule has 2 fully saturated rings. The van der Waals surface area contributed by atoms with E-state index < -0.39 is 5.60 Å². The van der Waals surface area contributed by atoms with Crippen molar-refractivity contribution >= 4 is 12.3 Å². The minimum atomic E-state index is -0.462. The second kappa shape index (κ2) is 6.91. The van der Waals surface area contributed by atoms with E-state index in [1.54, 1.807) is 0 Å². The van der Waals surface area contributed by atoms with Gasteiger partial charge in [0.1, 0.15) is 11.6 Å². The first-order valence-corrected chi connectivity index (χ1v) is 9.78. The summed E-state index contributed by atoms with van der Waals surface area (Å²) in [7, 11) is 0. The lowest BCUT2D eigenvalue weighted by molar-refractivity contribution is -0.0908. The smallest absolute Gasteiger partial charge is 0.410 e. The number of rotatable bonds is 2. The standard InChI is InChI=1S/C21H29N3O3/c1-14-16(18-10-22-18)6-5-7-17(14)19-12-23-8-9-24(11-15(23)13-26-19)20(25)27-21(2,3)4/h5-7,10,15,18-19H,8-9,11-13H2,1-4H3/t15-,18?,19-/m1/s1. The highest BCUT2D eigenvalue weighted by Gasteiger charge is 2.37. The Balaban J connectivity index is 1.40. The normalized spacial score (nSPS) is 28.0. The molecule has 0 aromatic heterocycles. The van der Waals surface area contributed by atoms with Gasteiger partial charge in [0.2, 0.25) is 0 Å². The lowest BCUT2D eigenvalue weighted by Gasteiger charge is -2.46. The van der Waals surface area contributed by atoms with Crippen molar-refractivity contribution in [2.75, 3.05) is 32.8 Å². The topological polar surface area (TPSA) is 54.4 Å². The molecule has 1 amide bonds. The second-order valence-electron chi connectivity index (χ2n) is 8.70. The maximum Gasteiger partial charge on any atom is 0.410 e. The molecule has 2 saturated heterocycles. The number of hydrogen-bond acceptors (Lipinski definition) is 5. The molecule has 0 N–H and O–H groups in total. The summed E-state index contributed by atoms with van der Waals surface area (Å²) in [6.07, 6.45) is 1.84. The van der Waals surface area contributed by atoms with Crippen molar-refractivity contribution in [1.29, 1.82) is 0 Å². The zero-order chi connectivity index (χ0) is 19.2. The van der Waals surface area contributed by atoms with Crippen LogP contribution in [0.3, 0.4) is 0 Å². The van der Waals surface area contributed by atoms with Gasteiger partial charge in [-0.1, -0.05) is 18.2 Å². The van der Waals surface area contributed by atoms with E-state index in [0.29, 0.717) is 19.7 Å². The Kier molecular flexibility index (Phi) is 4.72. The van der Waals surface area contributed by atoms with Crippen molar-refractivity contribution in [3.05, 3.63) is 34.9 Å². The van der Waals surface area contributed by atoms with Crippen LogP contribution in [0.2, 0.25) is 0 Å². The van der Waals surface area contributed by atoms with E-state index in [2.05, 4.69) is 35.0 Å². The third-order valence-electron chi connectivity index (χ3n) is 5.53. The van der Waals surface area contributed by atoms with Gasteiger partial charge in [0.15, 0.2) is 0 Å². The first-order valence-electron chi connectivity index (χ1n) is 9.78. The molecule has 1 aromatic rings. The third-order valence-corrected chi connectivity index (χ3v) is 5.53. The van der Waals surface area contributed by atoms with Crippen molar-refractivity contribution in [2.45, 2.75) is 51.5 Å². The van der Waals surface area contributed by atoms with E-state index in [0.717, 1.165) is 13.1 Å². The number of carbonyl (C=O) groups is 1. The molecule has 0 bridgehead atoms. The van der Waals surface area contributed by atoms with Crippen LogP contribution in [0.5, 0.6) is 0 Å². The summed E-state index contributed by atoms with van der Waals surface area (Å²) in [5, 5.41) is 0. The van der Waals surface area contributed by atoms with Crippen LogP contribution in [-0.2, 0) is 9.47 Å². The Hall–Kier alpha value is -1.92. The lowest BCUT2D eigenvalue weighted by atomic mass is 9.94. The van der Waals surface area contributed by atoms with Crippen molar-refractivity contribution in [3.8, 4) is 0 Å². The molecule has 3 atom stereocenters. The molecule has 1 aromatic carbocycles. The van der Waals surface area contributed by atoms with Gasteiger partial charge in [-0.15, -0.1) is 0 Å². The van der Waals surface area contributed by atoms with Crippen LogP contribution in [0.15, 0.2) is 23.2 Å². The molecule has 1 unspecified atom stereocenters. The number of benzene rings is 1. The van der Waals surface area contributed by atoms with Crippen molar-refractivity contribution in [3.63, 3.8) is 0 Å². The summed E-state index contributed by atoms with van der Waals surface area (Å²) in [6.45, 7) is 11.6. The van der Waals surface area contributed by atoms with E-state index >= 15 is 0 Å². The number of hydrogen-bond donors (Lipinski definition) is 0. The van der Waals surface area contributed by atoms with Crippen LogP contribution in [-0.4, -0.2) is 66.5 Å². The van der Waals surface area contributed by atoms with Gasteiger partial charge in [-0.2, -0.15) is 0 Å². The van der Waals surface area contributed by atoms with Gasteiger partial charge >= 0.3 is 6.09 Å². The van der Waals surface area contributed by atoms with Gasteiger partial charge in [0.05, 0.1) is 18.8 Å². The van der Waals surface area contributed by atoms with E-state index in [-0.39, 0.29) is 24.3 Å². The van der Waals surface area contributed by atoms with E-state index in [9.17, 15) is 4.79 Å². The maximum absolute atomic E-state index is 12.4. The first-order chi connectivity index (χ1) is 12.8.